The zero-order valence-electron chi connectivity index (χ0n) is 8.41. The van der Waals surface area contributed by atoms with E-state index < -0.39 is 5.97 Å². The first-order chi connectivity index (χ1) is 6.79. The third kappa shape index (κ3) is 1.91. The topological polar surface area (TPSA) is 52.6 Å². The molecule has 2 N–H and O–H groups in total. The summed E-state index contributed by atoms with van der Waals surface area (Å²) in [7, 11) is 0. The number of carboxylic acid groups (broad SMARTS) is 1. The number of nitrogens with one attached hydrogen (secondary N) is 1. The van der Waals surface area contributed by atoms with Crippen LogP contribution in [0.5, 0.6) is 0 Å². The fraction of sp³-hybridized carbons (Fsp3) is 0.900. The summed E-state index contributed by atoms with van der Waals surface area (Å²) in [5, 5.41) is 12.5. The van der Waals surface area contributed by atoms with Crippen molar-refractivity contribution in [3.63, 3.8) is 0 Å². The number of aliphatic carboxylic acids is 1. The molecule has 0 amide bonds. The molecule has 0 radical (unpaired) electrons. The highest BCUT2D eigenvalue weighted by molar-refractivity contribution is 5.74. The van der Waals surface area contributed by atoms with Crippen molar-refractivity contribution in [1.29, 1.82) is 0 Å². The minimum absolute atomic E-state index is 0.172. The lowest BCUT2D eigenvalue weighted by Crippen LogP contribution is -2.51. The number of nitrogens with zero attached hydrogens (tertiary/aromatic N) is 1. The van der Waals surface area contributed by atoms with Crippen LogP contribution in [0, 0.1) is 0 Å². The maximum atomic E-state index is 11.2. The summed E-state index contributed by atoms with van der Waals surface area (Å²) in [5.74, 6) is -0.661. The van der Waals surface area contributed by atoms with Crippen molar-refractivity contribution in [2.75, 3.05) is 19.6 Å². The van der Waals surface area contributed by atoms with E-state index in [9.17, 15) is 9.90 Å². The van der Waals surface area contributed by atoms with Crippen LogP contribution < -0.4 is 5.32 Å². The van der Waals surface area contributed by atoms with Crippen LogP contribution in [0.25, 0.3) is 0 Å². The van der Waals surface area contributed by atoms with Gasteiger partial charge in [0.2, 0.25) is 0 Å². The first kappa shape index (κ1) is 9.93. The molecule has 80 valence electrons. The Morgan fingerprint density at radius 2 is 2.07 bits per heavy atom. The second kappa shape index (κ2) is 4.28. The molecule has 2 atom stereocenters. The summed E-state index contributed by atoms with van der Waals surface area (Å²) < 4.78 is 0. The van der Waals surface area contributed by atoms with Crippen molar-refractivity contribution in [2.45, 2.75) is 37.8 Å². The first-order valence-corrected chi connectivity index (χ1v) is 5.49. The fourth-order valence-corrected chi connectivity index (χ4v) is 2.58. The molecule has 0 aliphatic carbocycles. The van der Waals surface area contributed by atoms with Gasteiger partial charge in [-0.05, 0) is 45.3 Å². The molecule has 2 aliphatic heterocycles. The van der Waals surface area contributed by atoms with E-state index >= 15 is 0 Å². The van der Waals surface area contributed by atoms with Crippen LogP contribution in [0.15, 0.2) is 0 Å². The largest absolute Gasteiger partial charge is 0.480 e. The summed E-state index contributed by atoms with van der Waals surface area (Å²) in [5.41, 5.74) is 0. The van der Waals surface area contributed by atoms with Gasteiger partial charge in [-0.25, -0.2) is 0 Å². The van der Waals surface area contributed by atoms with E-state index in [4.69, 9.17) is 0 Å². The molecular formula is C10H18N2O2. The lowest BCUT2D eigenvalue weighted by atomic mass is 10.1. The van der Waals surface area contributed by atoms with Gasteiger partial charge in [-0.1, -0.05) is 0 Å². The van der Waals surface area contributed by atoms with E-state index in [1.165, 1.54) is 0 Å². The normalized spacial score (nSPS) is 30.7. The Balaban J connectivity index is 2.02. The van der Waals surface area contributed by atoms with Crippen molar-refractivity contribution in [3.05, 3.63) is 0 Å². The van der Waals surface area contributed by atoms with Crippen LogP contribution >= 0.6 is 0 Å². The minimum Gasteiger partial charge on any atom is -0.480 e. The minimum atomic E-state index is -0.661. The molecular weight excluding hydrogens is 180 g/mol. The standard InChI is InChI=1S/C10H18N2O2/c13-10(14)9(8-4-3-5-11-8)12-6-1-2-7-12/h8-9,11H,1-7H2,(H,13,14). The highest BCUT2D eigenvalue weighted by Gasteiger charge is 2.36. The Morgan fingerprint density at radius 1 is 1.36 bits per heavy atom. The van der Waals surface area contributed by atoms with Gasteiger partial charge in [-0.3, -0.25) is 9.69 Å². The van der Waals surface area contributed by atoms with E-state index in [-0.39, 0.29) is 12.1 Å². The molecule has 2 fully saturated rings. The van der Waals surface area contributed by atoms with Gasteiger partial charge in [0.25, 0.3) is 0 Å². The van der Waals surface area contributed by atoms with Gasteiger partial charge in [-0.15, -0.1) is 0 Å². The number of hydrogen-bond donors (Lipinski definition) is 2. The highest BCUT2D eigenvalue weighted by Crippen LogP contribution is 2.19. The Hall–Kier alpha value is -0.610. The molecule has 2 saturated heterocycles. The van der Waals surface area contributed by atoms with E-state index in [1.54, 1.807) is 0 Å². The Morgan fingerprint density at radius 3 is 2.57 bits per heavy atom. The molecule has 2 unspecified atom stereocenters. The molecule has 0 aromatic rings. The molecule has 0 aromatic carbocycles. The van der Waals surface area contributed by atoms with Gasteiger partial charge in [0.15, 0.2) is 0 Å². The quantitative estimate of drug-likeness (QED) is 0.684. The number of carbonyl (C=O) groups is 1. The molecule has 14 heavy (non-hydrogen) atoms. The van der Waals surface area contributed by atoms with Crippen molar-refractivity contribution >= 4 is 5.97 Å². The third-order valence-electron chi connectivity index (χ3n) is 3.27. The van der Waals surface area contributed by atoms with Crippen LogP contribution in [0.4, 0.5) is 0 Å². The molecule has 0 saturated carbocycles. The van der Waals surface area contributed by atoms with E-state index in [0.29, 0.717) is 0 Å². The molecule has 2 rings (SSSR count). The van der Waals surface area contributed by atoms with Crippen LogP contribution in [0.2, 0.25) is 0 Å². The summed E-state index contributed by atoms with van der Waals surface area (Å²) >= 11 is 0. The maximum Gasteiger partial charge on any atom is 0.322 e. The lowest BCUT2D eigenvalue weighted by molar-refractivity contribution is -0.143. The van der Waals surface area contributed by atoms with Crippen LogP contribution in [0.3, 0.4) is 0 Å². The SMILES string of the molecule is O=C(O)C(C1CCCN1)N1CCCC1. The number of rotatable bonds is 3. The van der Waals surface area contributed by atoms with Crippen LogP contribution in [-0.2, 0) is 4.79 Å². The highest BCUT2D eigenvalue weighted by atomic mass is 16.4. The number of likely N-dealkylation sites (tertiary alicyclic amines) is 1. The zero-order chi connectivity index (χ0) is 9.97. The van der Waals surface area contributed by atoms with Crippen molar-refractivity contribution in [1.82, 2.24) is 10.2 Å². The van der Waals surface area contributed by atoms with Gasteiger partial charge < -0.3 is 10.4 Å². The van der Waals surface area contributed by atoms with Gasteiger partial charge in [0, 0.05) is 6.04 Å². The lowest BCUT2D eigenvalue weighted by Gasteiger charge is -2.28. The second-order valence-electron chi connectivity index (χ2n) is 4.23. The average Bonchev–Trinajstić information content (AvgIpc) is 2.75. The maximum absolute atomic E-state index is 11.2. The van der Waals surface area contributed by atoms with Gasteiger partial charge in [-0.2, -0.15) is 0 Å². The van der Waals surface area contributed by atoms with Crippen LogP contribution in [0.1, 0.15) is 25.7 Å². The monoisotopic (exact) mass is 198 g/mol. The van der Waals surface area contributed by atoms with E-state index in [2.05, 4.69) is 10.2 Å². The Bertz CT molecular complexity index is 192. The van der Waals surface area contributed by atoms with E-state index in [1.807, 2.05) is 0 Å². The summed E-state index contributed by atoms with van der Waals surface area (Å²) in [6.07, 6.45) is 4.42. The van der Waals surface area contributed by atoms with Gasteiger partial charge in [0.05, 0.1) is 0 Å². The second-order valence-corrected chi connectivity index (χ2v) is 4.23. The molecule has 0 bridgehead atoms. The molecule has 0 spiro atoms. The third-order valence-corrected chi connectivity index (χ3v) is 3.27. The predicted molar refractivity (Wildman–Crippen MR) is 53.3 cm³/mol. The van der Waals surface area contributed by atoms with Gasteiger partial charge in [0.1, 0.15) is 6.04 Å². The summed E-state index contributed by atoms with van der Waals surface area (Å²) in [4.78, 5) is 13.3. The number of hydrogen-bond acceptors (Lipinski definition) is 3. The van der Waals surface area contributed by atoms with Crippen molar-refractivity contribution < 1.29 is 9.90 Å². The molecule has 2 heterocycles. The first-order valence-electron chi connectivity index (χ1n) is 5.49. The molecule has 4 nitrogen and oxygen atoms in total. The molecule has 4 heteroatoms. The molecule has 2 aliphatic rings. The Kier molecular flexibility index (Phi) is 3.03. The average molecular weight is 198 g/mol. The predicted octanol–water partition coefficient (Wildman–Crippen LogP) is 0.287. The van der Waals surface area contributed by atoms with Crippen molar-refractivity contribution in [2.24, 2.45) is 0 Å². The summed E-state index contributed by atoms with van der Waals surface area (Å²) in [6, 6.07) is -0.120. The Labute approximate surface area is 84.3 Å². The van der Waals surface area contributed by atoms with Gasteiger partial charge >= 0.3 is 5.97 Å². The van der Waals surface area contributed by atoms with Crippen LogP contribution in [-0.4, -0.2) is 47.7 Å². The zero-order valence-corrected chi connectivity index (χ0v) is 8.41. The van der Waals surface area contributed by atoms with Crippen molar-refractivity contribution in [3.8, 4) is 0 Å². The molecule has 0 aromatic heterocycles. The van der Waals surface area contributed by atoms with E-state index in [0.717, 1.165) is 45.3 Å². The number of carboxylic acids is 1. The summed E-state index contributed by atoms with van der Waals surface area (Å²) in [6.45, 7) is 2.88. The fourth-order valence-electron chi connectivity index (χ4n) is 2.58. The smallest absolute Gasteiger partial charge is 0.322 e.